The molecule has 0 aliphatic rings. The summed E-state index contributed by atoms with van der Waals surface area (Å²) in [5.74, 6) is -0.717. The van der Waals surface area contributed by atoms with E-state index in [9.17, 15) is 9.59 Å². The molecule has 0 spiro atoms. The Morgan fingerprint density at radius 2 is 2.11 bits per heavy atom. The molecule has 1 rings (SSSR count). The van der Waals surface area contributed by atoms with Crippen LogP contribution in [0, 0.1) is 6.92 Å². The Morgan fingerprint density at radius 1 is 1.42 bits per heavy atom. The van der Waals surface area contributed by atoms with Crippen LogP contribution in [-0.2, 0) is 4.79 Å². The Hall–Kier alpha value is -2.28. The van der Waals surface area contributed by atoms with Crippen molar-refractivity contribution in [3.63, 3.8) is 0 Å². The van der Waals surface area contributed by atoms with Crippen LogP contribution in [0.4, 0.5) is 10.5 Å². The van der Waals surface area contributed by atoms with E-state index < -0.39 is 18.1 Å². The van der Waals surface area contributed by atoms with E-state index in [1.54, 1.807) is 32.2 Å². The number of carboxylic acids is 1. The van der Waals surface area contributed by atoms with Crippen LogP contribution >= 0.6 is 0 Å². The zero-order valence-corrected chi connectivity index (χ0v) is 10.6. The molecule has 19 heavy (non-hydrogen) atoms. The van der Waals surface area contributed by atoms with E-state index in [1.165, 1.54) is 0 Å². The predicted octanol–water partition coefficient (Wildman–Crippen LogP) is 0.571. The minimum Gasteiger partial charge on any atom is -0.497 e. The van der Waals surface area contributed by atoms with E-state index in [-0.39, 0.29) is 6.54 Å². The molecule has 0 saturated heterocycles. The Morgan fingerprint density at radius 3 is 2.63 bits per heavy atom. The summed E-state index contributed by atoms with van der Waals surface area (Å²) in [5, 5.41) is 22.3. The molecule has 0 heterocycles. The highest BCUT2D eigenvalue weighted by Gasteiger charge is 2.14. The molecular weight excluding hydrogens is 252 g/mol. The summed E-state index contributed by atoms with van der Waals surface area (Å²) in [7, 11) is 1.54. The maximum atomic E-state index is 11.5. The Labute approximate surface area is 110 Å². The van der Waals surface area contributed by atoms with E-state index >= 15 is 0 Å². The number of aliphatic hydroxyl groups excluding tert-OH is 1. The van der Waals surface area contributed by atoms with Crippen molar-refractivity contribution in [3.05, 3.63) is 23.8 Å². The molecule has 1 aromatic rings. The van der Waals surface area contributed by atoms with Crippen molar-refractivity contribution < 1.29 is 24.5 Å². The molecule has 1 aromatic carbocycles. The lowest BCUT2D eigenvalue weighted by atomic mass is 10.2. The van der Waals surface area contributed by atoms with E-state index in [0.29, 0.717) is 11.4 Å². The average Bonchev–Trinajstić information content (AvgIpc) is 2.38. The molecule has 0 radical (unpaired) electrons. The van der Waals surface area contributed by atoms with Gasteiger partial charge in [0.05, 0.1) is 13.7 Å². The number of benzene rings is 1. The number of aliphatic hydroxyl groups is 1. The number of amides is 2. The minimum absolute atomic E-state index is 0.365. The van der Waals surface area contributed by atoms with E-state index in [0.717, 1.165) is 5.56 Å². The van der Waals surface area contributed by atoms with Crippen molar-refractivity contribution in [3.8, 4) is 5.75 Å². The summed E-state index contributed by atoms with van der Waals surface area (Å²) in [6, 6.07) is 4.52. The summed E-state index contributed by atoms with van der Waals surface area (Å²) in [4.78, 5) is 21.8. The third-order valence-electron chi connectivity index (χ3n) is 2.42. The minimum atomic E-state index is -1.62. The maximum Gasteiger partial charge on any atom is 0.334 e. The van der Waals surface area contributed by atoms with Gasteiger partial charge in [-0.05, 0) is 30.7 Å². The van der Waals surface area contributed by atoms with Gasteiger partial charge in [-0.15, -0.1) is 0 Å². The van der Waals surface area contributed by atoms with E-state index in [4.69, 9.17) is 14.9 Å². The van der Waals surface area contributed by atoms with Gasteiger partial charge in [0.15, 0.2) is 6.10 Å². The van der Waals surface area contributed by atoms with Gasteiger partial charge in [0.1, 0.15) is 5.75 Å². The molecule has 1 atom stereocenters. The number of carbonyl (C=O) groups excluding carboxylic acids is 1. The van der Waals surface area contributed by atoms with Crippen LogP contribution in [0.3, 0.4) is 0 Å². The number of nitrogens with one attached hydrogen (secondary N) is 2. The standard InChI is InChI=1S/C12H16N2O5/c1-7-5-8(19-2)3-4-9(7)14-12(18)13-6-10(15)11(16)17/h3-5,10,15H,6H2,1-2H3,(H,16,17)(H2,13,14,18)/t10-/m0/s1. The second kappa shape index (κ2) is 6.60. The SMILES string of the molecule is COc1ccc(NC(=O)NC[C@H](O)C(=O)O)c(C)c1. The number of aryl methyl sites for hydroxylation is 1. The fourth-order valence-corrected chi connectivity index (χ4v) is 1.35. The van der Waals surface area contributed by atoms with Crippen molar-refractivity contribution in [2.75, 3.05) is 19.0 Å². The molecule has 2 amide bonds. The van der Waals surface area contributed by atoms with Crippen molar-refractivity contribution in [1.82, 2.24) is 5.32 Å². The zero-order valence-electron chi connectivity index (χ0n) is 10.6. The van der Waals surface area contributed by atoms with E-state index in [1.807, 2.05) is 0 Å². The first-order chi connectivity index (χ1) is 8.93. The highest BCUT2D eigenvalue weighted by molar-refractivity contribution is 5.90. The smallest absolute Gasteiger partial charge is 0.334 e. The molecule has 0 unspecified atom stereocenters. The number of carbonyl (C=O) groups is 2. The molecule has 0 aliphatic heterocycles. The molecule has 0 aromatic heterocycles. The van der Waals surface area contributed by atoms with Crippen LogP contribution in [0.25, 0.3) is 0 Å². The van der Waals surface area contributed by atoms with Gasteiger partial charge in [-0.2, -0.15) is 0 Å². The van der Waals surface area contributed by atoms with Gasteiger partial charge in [0.2, 0.25) is 0 Å². The van der Waals surface area contributed by atoms with Gasteiger partial charge >= 0.3 is 12.0 Å². The number of carboxylic acid groups (broad SMARTS) is 1. The van der Waals surface area contributed by atoms with Gasteiger partial charge < -0.3 is 25.6 Å². The van der Waals surface area contributed by atoms with Crippen LogP contribution in [-0.4, -0.2) is 42.0 Å². The molecule has 0 fully saturated rings. The van der Waals surface area contributed by atoms with Crippen LogP contribution in [0.2, 0.25) is 0 Å². The molecular formula is C12H16N2O5. The normalized spacial score (nSPS) is 11.5. The number of aliphatic carboxylic acids is 1. The first kappa shape index (κ1) is 14.8. The number of hydrogen-bond acceptors (Lipinski definition) is 4. The lowest BCUT2D eigenvalue weighted by Crippen LogP contribution is -2.38. The molecule has 0 aliphatic carbocycles. The quantitative estimate of drug-likeness (QED) is 0.624. The van der Waals surface area contributed by atoms with Crippen molar-refractivity contribution in [2.24, 2.45) is 0 Å². The summed E-state index contributed by atoms with van der Waals surface area (Å²) in [6.45, 7) is 1.43. The number of rotatable bonds is 5. The topological polar surface area (TPSA) is 108 Å². The second-order valence-corrected chi connectivity index (χ2v) is 3.87. The summed E-state index contributed by atoms with van der Waals surface area (Å²) < 4.78 is 5.03. The molecule has 104 valence electrons. The van der Waals surface area contributed by atoms with Crippen molar-refractivity contribution >= 4 is 17.7 Å². The Kier molecular flexibility index (Phi) is 5.13. The second-order valence-electron chi connectivity index (χ2n) is 3.87. The number of ether oxygens (including phenoxy) is 1. The van der Waals surface area contributed by atoms with Crippen LogP contribution in [0.15, 0.2) is 18.2 Å². The van der Waals surface area contributed by atoms with Gasteiger partial charge in [-0.1, -0.05) is 0 Å². The third kappa shape index (κ3) is 4.47. The van der Waals surface area contributed by atoms with Crippen molar-refractivity contribution in [1.29, 1.82) is 0 Å². The fraction of sp³-hybridized carbons (Fsp3) is 0.333. The molecule has 4 N–H and O–H groups in total. The zero-order chi connectivity index (χ0) is 14.4. The van der Waals surface area contributed by atoms with E-state index in [2.05, 4.69) is 10.6 Å². The highest BCUT2D eigenvalue weighted by Crippen LogP contribution is 2.20. The Balaban J connectivity index is 2.55. The summed E-state index contributed by atoms with van der Waals surface area (Å²) in [6.07, 6.45) is -1.62. The monoisotopic (exact) mass is 268 g/mol. The summed E-state index contributed by atoms with van der Waals surface area (Å²) >= 11 is 0. The average molecular weight is 268 g/mol. The van der Waals surface area contributed by atoms with Crippen LogP contribution in [0.5, 0.6) is 5.75 Å². The number of methoxy groups -OCH3 is 1. The van der Waals surface area contributed by atoms with Crippen LogP contribution < -0.4 is 15.4 Å². The highest BCUT2D eigenvalue weighted by atomic mass is 16.5. The first-order valence-corrected chi connectivity index (χ1v) is 5.54. The lowest BCUT2D eigenvalue weighted by Gasteiger charge is -2.12. The van der Waals surface area contributed by atoms with Gasteiger partial charge in [0.25, 0.3) is 0 Å². The van der Waals surface area contributed by atoms with Gasteiger partial charge in [-0.25, -0.2) is 9.59 Å². The molecule has 0 saturated carbocycles. The molecule has 7 heteroatoms. The summed E-state index contributed by atoms with van der Waals surface area (Å²) in [5.41, 5.74) is 1.37. The molecule has 0 bridgehead atoms. The number of hydrogen-bond donors (Lipinski definition) is 4. The van der Waals surface area contributed by atoms with Crippen molar-refractivity contribution in [2.45, 2.75) is 13.0 Å². The lowest BCUT2D eigenvalue weighted by molar-refractivity contribution is -0.146. The number of urea groups is 1. The Bertz CT molecular complexity index is 475. The first-order valence-electron chi connectivity index (χ1n) is 5.54. The maximum absolute atomic E-state index is 11.5. The number of anilines is 1. The molecule has 7 nitrogen and oxygen atoms in total. The van der Waals surface area contributed by atoms with Crippen LogP contribution in [0.1, 0.15) is 5.56 Å². The largest absolute Gasteiger partial charge is 0.497 e. The predicted molar refractivity (Wildman–Crippen MR) is 68.4 cm³/mol. The van der Waals surface area contributed by atoms with Gasteiger partial charge in [0, 0.05) is 5.69 Å². The fourth-order valence-electron chi connectivity index (χ4n) is 1.35. The third-order valence-corrected chi connectivity index (χ3v) is 2.42. The van der Waals surface area contributed by atoms with Gasteiger partial charge in [-0.3, -0.25) is 0 Å².